The van der Waals surface area contributed by atoms with Crippen molar-refractivity contribution in [3.8, 4) is 17.2 Å². The fraction of sp³-hybridized carbons (Fsp3) is 0.375. The van der Waals surface area contributed by atoms with Gasteiger partial charge in [0.15, 0.2) is 6.61 Å². The molecule has 0 fully saturated rings. The predicted octanol–water partition coefficient (Wildman–Crippen LogP) is 4.98. The highest BCUT2D eigenvalue weighted by Gasteiger charge is 2.22. The monoisotopic (exact) mass is 407 g/mol. The molecule has 0 spiro atoms. The largest absolute Gasteiger partial charge is 0.483 e. The highest BCUT2D eigenvalue weighted by molar-refractivity contribution is 5.78. The smallest absolute Gasteiger partial charge is 0.261 e. The van der Waals surface area contributed by atoms with E-state index in [1.807, 2.05) is 57.2 Å². The van der Waals surface area contributed by atoms with E-state index in [9.17, 15) is 4.79 Å². The number of ether oxygens (including phenoxy) is 1. The van der Waals surface area contributed by atoms with Gasteiger partial charge in [-0.15, -0.1) is 10.2 Å². The van der Waals surface area contributed by atoms with Gasteiger partial charge in [-0.3, -0.25) is 4.79 Å². The van der Waals surface area contributed by atoms with Crippen molar-refractivity contribution in [2.45, 2.75) is 53.1 Å². The third-order valence-electron chi connectivity index (χ3n) is 4.88. The van der Waals surface area contributed by atoms with Crippen LogP contribution >= 0.6 is 0 Å². The molecule has 0 saturated carbocycles. The van der Waals surface area contributed by atoms with Crippen LogP contribution in [0.25, 0.3) is 11.5 Å². The van der Waals surface area contributed by atoms with Gasteiger partial charge in [0.1, 0.15) is 5.75 Å². The molecule has 0 bridgehead atoms. The molecule has 0 aliphatic rings. The Labute approximate surface area is 177 Å². The van der Waals surface area contributed by atoms with Gasteiger partial charge in [0.2, 0.25) is 11.8 Å². The van der Waals surface area contributed by atoms with E-state index in [2.05, 4.69) is 36.2 Å². The number of aromatic nitrogens is 2. The average molecular weight is 408 g/mol. The number of rotatable bonds is 8. The van der Waals surface area contributed by atoms with Gasteiger partial charge in [-0.1, -0.05) is 44.2 Å². The molecule has 3 rings (SSSR count). The zero-order chi connectivity index (χ0) is 21.7. The first-order valence-corrected chi connectivity index (χ1v) is 10.3. The number of nitrogens with zero attached hydrogens (tertiary/aromatic N) is 3. The molecule has 1 amide bonds. The van der Waals surface area contributed by atoms with Gasteiger partial charge in [0.25, 0.3) is 5.91 Å². The minimum absolute atomic E-state index is 0.0322. The molecular weight excluding hydrogens is 378 g/mol. The molecule has 1 heterocycles. The number of carbonyl (C=O) groups is 1. The summed E-state index contributed by atoms with van der Waals surface area (Å²) in [6, 6.07) is 15.6. The Morgan fingerprint density at radius 1 is 1.07 bits per heavy atom. The second-order valence-corrected chi connectivity index (χ2v) is 7.97. The lowest BCUT2D eigenvalue weighted by atomic mass is 10.0. The summed E-state index contributed by atoms with van der Waals surface area (Å²) < 4.78 is 11.7. The lowest BCUT2D eigenvalue weighted by molar-refractivity contribution is -0.136. The van der Waals surface area contributed by atoms with Crippen LogP contribution in [0.15, 0.2) is 52.9 Å². The van der Waals surface area contributed by atoms with Crippen LogP contribution in [0.1, 0.15) is 50.6 Å². The van der Waals surface area contributed by atoms with Crippen molar-refractivity contribution in [2.75, 3.05) is 6.61 Å². The third-order valence-corrected chi connectivity index (χ3v) is 4.88. The summed E-state index contributed by atoms with van der Waals surface area (Å²) in [6.45, 7) is 10.3. The van der Waals surface area contributed by atoms with Crippen molar-refractivity contribution < 1.29 is 13.9 Å². The maximum Gasteiger partial charge on any atom is 0.261 e. The number of hydrogen-bond acceptors (Lipinski definition) is 5. The third kappa shape index (κ3) is 5.26. The molecule has 0 saturated heterocycles. The first-order valence-electron chi connectivity index (χ1n) is 10.3. The van der Waals surface area contributed by atoms with E-state index in [1.54, 1.807) is 4.90 Å². The normalized spacial score (nSPS) is 11.2. The Morgan fingerprint density at radius 2 is 1.80 bits per heavy atom. The Kier molecular flexibility index (Phi) is 6.87. The maximum absolute atomic E-state index is 12.9. The first kappa shape index (κ1) is 21.6. The Hall–Kier alpha value is -3.15. The molecule has 0 unspecified atom stereocenters. The van der Waals surface area contributed by atoms with E-state index >= 15 is 0 Å². The summed E-state index contributed by atoms with van der Waals surface area (Å²) in [7, 11) is 0. The lowest BCUT2D eigenvalue weighted by Crippen LogP contribution is -2.39. The Balaban J connectivity index is 1.69. The highest BCUT2D eigenvalue weighted by atomic mass is 16.5. The Bertz CT molecular complexity index is 980. The van der Waals surface area contributed by atoms with E-state index < -0.39 is 0 Å². The standard InChI is InChI=1S/C24H29N3O3/c1-16(2)20-12-11-18(5)13-21(20)29-15-23(28)27(17(3)4)14-22-25-26-24(30-22)19-9-7-6-8-10-19/h6-13,16-17H,14-15H2,1-5H3. The van der Waals surface area contributed by atoms with Crippen molar-refractivity contribution in [1.29, 1.82) is 0 Å². The summed E-state index contributed by atoms with van der Waals surface area (Å²) in [5.41, 5.74) is 3.04. The van der Waals surface area contributed by atoms with Crippen LogP contribution in [0.4, 0.5) is 0 Å². The minimum atomic E-state index is -0.124. The summed E-state index contributed by atoms with van der Waals surface area (Å²) in [6.07, 6.45) is 0. The van der Waals surface area contributed by atoms with Gasteiger partial charge < -0.3 is 14.1 Å². The maximum atomic E-state index is 12.9. The number of hydrogen-bond donors (Lipinski definition) is 0. The number of benzene rings is 2. The second-order valence-electron chi connectivity index (χ2n) is 7.97. The van der Waals surface area contributed by atoms with Gasteiger partial charge in [-0.05, 0) is 56.0 Å². The molecule has 158 valence electrons. The van der Waals surface area contributed by atoms with Crippen LogP contribution in [0.5, 0.6) is 5.75 Å². The van der Waals surface area contributed by atoms with E-state index in [0.717, 1.165) is 22.4 Å². The molecule has 6 nitrogen and oxygen atoms in total. The minimum Gasteiger partial charge on any atom is -0.483 e. The number of amides is 1. The fourth-order valence-corrected chi connectivity index (χ4v) is 3.19. The molecule has 0 aliphatic heterocycles. The molecule has 0 N–H and O–H groups in total. The number of carbonyl (C=O) groups excluding carboxylic acids is 1. The van der Waals surface area contributed by atoms with E-state index in [4.69, 9.17) is 9.15 Å². The average Bonchev–Trinajstić information content (AvgIpc) is 3.19. The van der Waals surface area contributed by atoms with Crippen molar-refractivity contribution in [3.05, 3.63) is 65.5 Å². The molecule has 2 aromatic carbocycles. The number of aryl methyl sites for hydroxylation is 1. The summed E-state index contributed by atoms with van der Waals surface area (Å²) in [4.78, 5) is 14.6. The predicted molar refractivity (Wildman–Crippen MR) is 116 cm³/mol. The Morgan fingerprint density at radius 3 is 2.47 bits per heavy atom. The van der Waals surface area contributed by atoms with Gasteiger partial charge in [-0.2, -0.15) is 0 Å². The summed E-state index contributed by atoms with van der Waals surface area (Å²) >= 11 is 0. The van der Waals surface area contributed by atoms with Crippen molar-refractivity contribution >= 4 is 5.91 Å². The van der Waals surface area contributed by atoms with Crippen molar-refractivity contribution in [2.24, 2.45) is 0 Å². The van der Waals surface area contributed by atoms with Crippen molar-refractivity contribution in [3.63, 3.8) is 0 Å². The topological polar surface area (TPSA) is 68.5 Å². The van der Waals surface area contributed by atoms with Crippen LogP contribution in [0, 0.1) is 6.92 Å². The molecule has 0 atom stereocenters. The molecular formula is C24H29N3O3. The van der Waals surface area contributed by atoms with Gasteiger partial charge in [0.05, 0.1) is 6.54 Å². The zero-order valence-electron chi connectivity index (χ0n) is 18.3. The molecule has 3 aromatic rings. The summed E-state index contributed by atoms with van der Waals surface area (Å²) in [5.74, 6) is 1.78. The molecule has 1 aromatic heterocycles. The fourth-order valence-electron chi connectivity index (χ4n) is 3.19. The van der Waals surface area contributed by atoms with Gasteiger partial charge >= 0.3 is 0 Å². The van der Waals surface area contributed by atoms with E-state index in [1.165, 1.54) is 0 Å². The van der Waals surface area contributed by atoms with Crippen molar-refractivity contribution in [1.82, 2.24) is 15.1 Å². The second kappa shape index (κ2) is 9.57. The van der Waals surface area contributed by atoms with Crippen LogP contribution in [0.3, 0.4) is 0 Å². The van der Waals surface area contributed by atoms with Crippen LogP contribution in [0.2, 0.25) is 0 Å². The van der Waals surface area contributed by atoms with Crippen LogP contribution in [-0.4, -0.2) is 33.7 Å². The molecule has 30 heavy (non-hydrogen) atoms. The quantitative estimate of drug-likeness (QED) is 0.526. The zero-order valence-corrected chi connectivity index (χ0v) is 18.3. The lowest BCUT2D eigenvalue weighted by Gasteiger charge is -2.25. The molecule has 0 radical (unpaired) electrons. The van der Waals surface area contributed by atoms with E-state index in [0.29, 0.717) is 17.7 Å². The van der Waals surface area contributed by atoms with Crippen LogP contribution in [-0.2, 0) is 11.3 Å². The van der Waals surface area contributed by atoms with Gasteiger partial charge in [0, 0.05) is 11.6 Å². The summed E-state index contributed by atoms with van der Waals surface area (Å²) in [5, 5.41) is 8.22. The van der Waals surface area contributed by atoms with Gasteiger partial charge in [-0.25, -0.2) is 0 Å². The highest BCUT2D eigenvalue weighted by Crippen LogP contribution is 2.27. The SMILES string of the molecule is Cc1ccc(C(C)C)c(OCC(=O)N(Cc2nnc(-c3ccccc3)o2)C(C)C)c1. The van der Waals surface area contributed by atoms with Crippen LogP contribution < -0.4 is 4.74 Å². The first-order chi connectivity index (χ1) is 14.3. The molecule has 6 heteroatoms. The molecule has 0 aliphatic carbocycles. The van der Waals surface area contributed by atoms with E-state index in [-0.39, 0.29) is 25.1 Å².